The molecule has 0 bridgehead atoms. The van der Waals surface area contributed by atoms with Crippen molar-refractivity contribution in [2.45, 2.75) is 32.9 Å². The highest BCUT2D eigenvalue weighted by Gasteiger charge is 2.09. The molecule has 0 saturated carbocycles. The van der Waals surface area contributed by atoms with E-state index in [0.29, 0.717) is 0 Å². The van der Waals surface area contributed by atoms with Crippen LogP contribution in [0.3, 0.4) is 0 Å². The predicted octanol–water partition coefficient (Wildman–Crippen LogP) is 4.36. The van der Waals surface area contributed by atoms with Crippen molar-refractivity contribution >= 4 is 22.7 Å². The fourth-order valence-corrected chi connectivity index (χ4v) is 3.01. The summed E-state index contributed by atoms with van der Waals surface area (Å²) in [6, 6.07) is 6.56. The van der Waals surface area contributed by atoms with Crippen LogP contribution < -0.4 is 5.32 Å². The zero-order valence-corrected chi connectivity index (χ0v) is 11.5. The van der Waals surface area contributed by atoms with E-state index >= 15 is 0 Å². The van der Waals surface area contributed by atoms with Crippen LogP contribution >= 0.6 is 22.7 Å². The van der Waals surface area contributed by atoms with Gasteiger partial charge in [0, 0.05) is 27.4 Å². The van der Waals surface area contributed by atoms with Gasteiger partial charge < -0.3 is 5.32 Å². The first kappa shape index (κ1) is 11.8. The fraction of sp³-hybridized carbons (Fsp3) is 0.385. The Balaban J connectivity index is 2.03. The van der Waals surface area contributed by atoms with E-state index in [1.807, 2.05) is 11.3 Å². The Morgan fingerprint density at radius 3 is 2.69 bits per heavy atom. The predicted molar refractivity (Wildman–Crippen MR) is 74.2 cm³/mol. The van der Waals surface area contributed by atoms with Crippen LogP contribution in [0.2, 0.25) is 0 Å². The quantitative estimate of drug-likeness (QED) is 0.854. The van der Waals surface area contributed by atoms with E-state index in [1.54, 1.807) is 11.3 Å². The molecule has 0 saturated heterocycles. The molecule has 1 N–H and O–H groups in total. The summed E-state index contributed by atoms with van der Waals surface area (Å²) in [4.78, 5) is 2.76. The number of nitrogens with one attached hydrogen (secondary N) is 1. The summed E-state index contributed by atoms with van der Waals surface area (Å²) in [6.45, 7) is 7.54. The van der Waals surface area contributed by atoms with E-state index in [4.69, 9.17) is 0 Å². The molecule has 1 nitrogen and oxygen atoms in total. The summed E-state index contributed by atoms with van der Waals surface area (Å²) in [5.74, 6) is 0. The van der Waals surface area contributed by atoms with Crippen molar-refractivity contribution in [1.82, 2.24) is 5.32 Å². The van der Waals surface area contributed by atoms with Gasteiger partial charge >= 0.3 is 0 Å². The number of hydrogen-bond donors (Lipinski definition) is 1. The molecule has 0 radical (unpaired) electrons. The van der Waals surface area contributed by atoms with Crippen LogP contribution in [-0.2, 0) is 6.54 Å². The van der Waals surface area contributed by atoms with Gasteiger partial charge in [0.05, 0.1) is 0 Å². The molecule has 0 aliphatic carbocycles. The van der Waals surface area contributed by atoms with Crippen LogP contribution in [0.25, 0.3) is 10.4 Å². The van der Waals surface area contributed by atoms with Crippen molar-refractivity contribution in [3.8, 4) is 10.4 Å². The molecule has 0 spiro atoms. The van der Waals surface area contributed by atoms with E-state index in [1.165, 1.54) is 15.3 Å². The van der Waals surface area contributed by atoms with Gasteiger partial charge in [0.25, 0.3) is 0 Å². The third-order valence-electron chi connectivity index (χ3n) is 2.25. The molecule has 2 aromatic rings. The highest BCUT2D eigenvalue weighted by Crippen LogP contribution is 2.29. The first-order valence-electron chi connectivity index (χ1n) is 5.41. The van der Waals surface area contributed by atoms with Crippen molar-refractivity contribution in [2.75, 3.05) is 0 Å². The molecule has 0 unspecified atom stereocenters. The van der Waals surface area contributed by atoms with E-state index in [0.717, 1.165) is 6.54 Å². The van der Waals surface area contributed by atoms with Crippen LogP contribution in [0.15, 0.2) is 29.0 Å². The average Bonchev–Trinajstić information content (AvgIpc) is 2.84. The lowest BCUT2D eigenvalue weighted by molar-refractivity contribution is 0.426. The number of hydrogen-bond acceptors (Lipinski definition) is 3. The zero-order valence-electron chi connectivity index (χ0n) is 9.91. The molecule has 3 heteroatoms. The van der Waals surface area contributed by atoms with E-state index < -0.39 is 0 Å². The van der Waals surface area contributed by atoms with Crippen molar-refractivity contribution in [1.29, 1.82) is 0 Å². The second-order valence-electron chi connectivity index (χ2n) is 4.88. The van der Waals surface area contributed by atoms with Gasteiger partial charge in [-0.3, -0.25) is 0 Å². The fourth-order valence-electron chi connectivity index (χ4n) is 1.40. The summed E-state index contributed by atoms with van der Waals surface area (Å²) >= 11 is 3.63. The summed E-state index contributed by atoms with van der Waals surface area (Å²) < 4.78 is 0. The first-order valence-corrected chi connectivity index (χ1v) is 7.17. The third kappa shape index (κ3) is 3.17. The second-order valence-corrected chi connectivity index (χ2v) is 6.83. The SMILES string of the molecule is CC(C)(C)NCc1cc(-c2cccs2)cs1. The zero-order chi connectivity index (χ0) is 11.6. The normalized spacial score (nSPS) is 11.9. The second kappa shape index (κ2) is 4.70. The van der Waals surface area contributed by atoms with Crippen LogP contribution in [0.5, 0.6) is 0 Å². The lowest BCUT2D eigenvalue weighted by atomic mass is 10.1. The molecule has 2 aromatic heterocycles. The Kier molecular flexibility index (Phi) is 3.47. The van der Waals surface area contributed by atoms with E-state index in [2.05, 4.69) is 55.0 Å². The minimum absolute atomic E-state index is 0.188. The van der Waals surface area contributed by atoms with Gasteiger partial charge in [0.2, 0.25) is 0 Å². The van der Waals surface area contributed by atoms with Crippen LogP contribution in [0.4, 0.5) is 0 Å². The smallest absolute Gasteiger partial charge is 0.0351 e. The lowest BCUT2D eigenvalue weighted by Crippen LogP contribution is -2.34. The first-order chi connectivity index (χ1) is 7.54. The average molecular weight is 251 g/mol. The third-order valence-corrected chi connectivity index (χ3v) is 4.11. The van der Waals surface area contributed by atoms with Crippen LogP contribution in [0, 0.1) is 0 Å². The van der Waals surface area contributed by atoms with Gasteiger partial charge in [-0.1, -0.05) is 6.07 Å². The monoisotopic (exact) mass is 251 g/mol. The van der Waals surface area contributed by atoms with Gasteiger partial charge in [-0.15, -0.1) is 22.7 Å². The summed E-state index contributed by atoms with van der Waals surface area (Å²) in [7, 11) is 0. The summed E-state index contributed by atoms with van der Waals surface area (Å²) in [5.41, 5.74) is 1.54. The molecule has 16 heavy (non-hydrogen) atoms. The number of rotatable bonds is 3. The standard InChI is InChI=1S/C13H17NS2/c1-13(2,3)14-8-11-7-10(9-16-11)12-5-4-6-15-12/h4-7,9,14H,8H2,1-3H3. The maximum Gasteiger partial charge on any atom is 0.0351 e. The minimum atomic E-state index is 0.188. The van der Waals surface area contributed by atoms with Crippen LogP contribution in [0.1, 0.15) is 25.6 Å². The Morgan fingerprint density at radius 1 is 1.25 bits per heavy atom. The lowest BCUT2D eigenvalue weighted by Gasteiger charge is -2.19. The van der Waals surface area contributed by atoms with Crippen molar-refractivity contribution in [3.05, 3.63) is 33.8 Å². The van der Waals surface area contributed by atoms with Gasteiger partial charge in [-0.25, -0.2) is 0 Å². The Labute approximate surface area is 105 Å². The number of thiophene rings is 2. The van der Waals surface area contributed by atoms with E-state index in [-0.39, 0.29) is 5.54 Å². The highest BCUT2D eigenvalue weighted by molar-refractivity contribution is 7.14. The molecule has 0 aromatic carbocycles. The maximum absolute atomic E-state index is 3.51. The molecule has 2 heterocycles. The van der Waals surface area contributed by atoms with Gasteiger partial charge in [-0.05, 0) is 43.7 Å². The Morgan fingerprint density at radius 2 is 2.06 bits per heavy atom. The molecule has 0 aliphatic rings. The minimum Gasteiger partial charge on any atom is -0.307 e. The molecule has 2 rings (SSSR count). The molecule has 0 fully saturated rings. The van der Waals surface area contributed by atoms with Gasteiger partial charge in [0.1, 0.15) is 0 Å². The van der Waals surface area contributed by atoms with Gasteiger partial charge in [-0.2, -0.15) is 0 Å². The summed E-state index contributed by atoms with van der Waals surface area (Å²) in [6.07, 6.45) is 0. The molecular formula is C13H17NS2. The van der Waals surface area contributed by atoms with Crippen molar-refractivity contribution in [2.24, 2.45) is 0 Å². The molecule has 86 valence electrons. The molecule has 0 aliphatic heterocycles. The largest absolute Gasteiger partial charge is 0.307 e. The molecule has 0 atom stereocenters. The van der Waals surface area contributed by atoms with Crippen molar-refractivity contribution < 1.29 is 0 Å². The molecule has 0 amide bonds. The van der Waals surface area contributed by atoms with E-state index in [9.17, 15) is 0 Å². The molecular weight excluding hydrogens is 234 g/mol. The van der Waals surface area contributed by atoms with Crippen LogP contribution in [-0.4, -0.2) is 5.54 Å². The Bertz CT molecular complexity index is 435. The summed E-state index contributed by atoms with van der Waals surface area (Å²) in [5, 5.41) is 7.88. The van der Waals surface area contributed by atoms with Gasteiger partial charge in [0.15, 0.2) is 0 Å². The van der Waals surface area contributed by atoms with Crippen molar-refractivity contribution in [3.63, 3.8) is 0 Å². The highest BCUT2D eigenvalue weighted by atomic mass is 32.1. The topological polar surface area (TPSA) is 12.0 Å². The maximum atomic E-state index is 3.51. The Hall–Kier alpha value is -0.640.